The van der Waals surface area contributed by atoms with Gasteiger partial charge in [-0.3, -0.25) is 0 Å². The van der Waals surface area contributed by atoms with Crippen LogP contribution in [0.3, 0.4) is 0 Å². The Morgan fingerprint density at radius 2 is 2.12 bits per heavy atom. The molecule has 1 aromatic rings. The largest absolute Gasteiger partial charge is 0.341 e. The molecular formula is C21H35N3O. The summed E-state index contributed by atoms with van der Waals surface area (Å²) in [4.78, 5) is 14.2. The Kier molecular flexibility index (Phi) is 7.30. The zero-order chi connectivity index (χ0) is 18.3. The van der Waals surface area contributed by atoms with Gasteiger partial charge in [0.1, 0.15) is 0 Å². The highest BCUT2D eigenvalue weighted by molar-refractivity contribution is 5.89. The average Bonchev–Trinajstić information content (AvgIpc) is 2.62. The van der Waals surface area contributed by atoms with Crippen LogP contribution >= 0.6 is 0 Å². The molecule has 1 heterocycles. The van der Waals surface area contributed by atoms with E-state index in [2.05, 4.69) is 54.5 Å². The smallest absolute Gasteiger partial charge is 0.318 e. The molecule has 0 bridgehead atoms. The van der Waals surface area contributed by atoms with Crippen LogP contribution in [0.2, 0.25) is 0 Å². The molecule has 140 valence electrons. The minimum Gasteiger partial charge on any atom is -0.341 e. The molecule has 2 N–H and O–H groups in total. The van der Waals surface area contributed by atoms with E-state index < -0.39 is 0 Å². The summed E-state index contributed by atoms with van der Waals surface area (Å²) in [6, 6.07) is 8.19. The van der Waals surface area contributed by atoms with Crippen LogP contribution in [-0.2, 0) is 5.41 Å². The number of likely N-dealkylation sites (tertiary alicyclic amines) is 1. The topological polar surface area (TPSA) is 44.4 Å². The maximum atomic E-state index is 11.6. The van der Waals surface area contributed by atoms with Crippen LogP contribution in [0.1, 0.15) is 58.4 Å². The van der Waals surface area contributed by atoms with Crippen molar-refractivity contribution in [1.82, 2.24) is 10.2 Å². The number of carbonyl (C=O) groups excluding carboxylic acids is 1. The maximum Gasteiger partial charge on any atom is 0.318 e. The summed E-state index contributed by atoms with van der Waals surface area (Å²) >= 11 is 0. The lowest BCUT2D eigenvalue weighted by molar-refractivity contribution is 0.109. The molecule has 1 saturated heterocycles. The van der Waals surface area contributed by atoms with Crippen LogP contribution in [-0.4, -0.2) is 37.6 Å². The first-order valence-electron chi connectivity index (χ1n) is 9.81. The third-order valence-electron chi connectivity index (χ3n) is 5.90. The highest BCUT2D eigenvalue weighted by atomic mass is 16.2. The molecule has 0 aliphatic carbocycles. The van der Waals surface area contributed by atoms with Crippen molar-refractivity contribution >= 4 is 11.7 Å². The second kappa shape index (κ2) is 9.23. The number of anilines is 1. The summed E-state index contributed by atoms with van der Waals surface area (Å²) in [5.41, 5.74) is 2.37. The summed E-state index contributed by atoms with van der Waals surface area (Å²) in [5, 5.41) is 5.50. The Hall–Kier alpha value is -1.55. The third-order valence-corrected chi connectivity index (χ3v) is 5.90. The van der Waals surface area contributed by atoms with E-state index >= 15 is 0 Å². The normalized spacial score (nSPS) is 24.1. The number of hydrogen-bond acceptors (Lipinski definition) is 2. The first-order valence-corrected chi connectivity index (χ1v) is 9.81. The quantitative estimate of drug-likeness (QED) is 0.708. The van der Waals surface area contributed by atoms with Gasteiger partial charge in [0, 0.05) is 19.3 Å². The van der Waals surface area contributed by atoms with Crippen molar-refractivity contribution < 1.29 is 4.79 Å². The van der Waals surface area contributed by atoms with Gasteiger partial charge in [0.2, 0.25) is 0 Å². The highest BCUT2D eigenvalue weighted by Crippen LogP contribution is 2.40. The van der Waals surface area contributed by atoms with Crippen molar-refractivity contribution in [3.63, 3.8) is 0 Å². The highest BCUT2D eigenvalue weighted by Gasteiger charge is 2.37. The fourth-order valence-electron chi connectivity index (χ4n) is 3.86. The predicted molar refractivity (Wildman–Crippen MR) is 106 cm³/mol. The standard InChI is InChI=1S/C21H35N3O/c1-5-6-7-8-13-24-14-12-21(3,17(2)16-24)18-10-9-11-19(15-18)23-20(25)22-4/h9-11,15,17H,5-8,12-14,16H2,1-4H3,(H2,22,23,25). The number of benzene rings is 1. The number of piperidine rings is 1. The van der Waals surface area contributed by atoms with Crippen molar-refractivity contribution in [3.8, 4) is 0 Å². The van der Waals surface area contributed by atoms with E-state index in [-0.39, 0.29) is 11.4 Å². The van der Waals surface area contributed by atoms with E-state index in [9.17, 15) is 4.79 Å². The molecule has 2 amide bonds. The summed E-state index contributed by atoms with van der Waals surface area (Å²) in [6.07, 6.45) is 6.50. The first-order chi connectivity index (χ1) is 12.0. The Morgan fingerprint density at radius 1 is 1.32 bits per heavy atom. The van der Waals surface area contributed by atoms with Crippen molar-refractivity contribution in [2.45, 2.75) is 58.3 Å². The molecule has 1 fully saturated rings. The molecule has 0 aromatic heterocycles. The maximum absolute atomic E-state index is 11.6. The molecule has 0 saturated carbocycles. The van der Waals surface area contributed by atoms with Gasteiger partial charge < -0.3 is 15.5 Å². The van der Waals surface area contributed by atoms with Crippen molar-refractivity contribution in [3.05, 3.63) is 29.8 Å². The van der Waals surface area contributed by atoms with E-state index in [1.807, 2.05) is 6.07 Å². The summed E-state index contributed by atoms with van der Waals surface area (Å²) in [7, 11) is 1.64. The summed E-state index contributed by atoms with van der Waals surface area (Å²) < 4.78 is 0. The molecule has 1 aromatic carbocycles. The predicted octanol–water partition coefficient (Wildman–Crippen LogP) is 4.62. The first kappa shape index (κ1) is 19.8. The molecule has 25 heavy (non-hydrogen) atoms. The fourth-order valence-corrected chi connectivity index (χ4v) is 3.86. The number of carbonyl (C=O) groups is 1. The second-order valence-electron chi connectivity index (χ2n) is 7.71. The molecule has 1 aliphatic heterocycles. The summed E-state index contributed by atoms with van der Waals surface area (Å²) in [6.45, 7) is 10.6. The molecule has 4 heteroatoms. The van der Waals surface area contributed by atoms with Crippen LogP contribution < -0.4 is 10.6 Å². The van der Waals surface area contributed by atoms with Gasteiger partial charge in [0.25, 0.3) is 0 Å². The molecular weight excluding hydrogens is 310 g/mol. The van der Waals surface area contributed by atoms with Crippen LogP contribution in [0.15, 0.2) is 24.3 Å². The zero-order valence-electron chi connectivity index (χ0n) is 16.4. The molecule has 2 rings (SSSR count). The number of nitrogens with zero attached hydrogens (tertiary/aromatic N) is 1. The van der Waals surface area contributed by atoms with Gasteiger partial charge in [0.05, 0.1) is 0 Å². The number of nitrogens with one attached hydrogen (secondary N) is 2. The van der Waals surface area contributed by atoms with Gasteiger partial charge in [-0.2, -0.15) is 0 Å². The Labute approximate surface area is 153 Å². The van der Waals surface area contributed by atoms with E-state index in [0.717, 1.165) is 12.2 Å². The van der Waals surface area contributed by atoms with Crippen molar-refractivity contribution in [1.29, 1.82) is 0 Å². The number of hydrogen-bond donors (Lipinski definition) is 2. The number of rotatable bonds is 7. The second-order valence-corrected chi connectivity index (χ2v) is 7.71. The zero-order valence-corrected chi connectivity index (χ0v) is 16.4. The molecule has 4 nitrogen and oxygen atoms in total. The fraction of sp³-hybridized carbons (Fsp3) is 0.667. The third kappa shape index (κ3) is 5.21. The SMILES string of the molecule is CCCCCCN1CCC(C)(c2cccc(NC(=O)NC)c2)C(C)C1. The van der Waals surface area contributed by atoms with Gasteiger partial charge in [-0.1, -0.05) is 52.2 Å². The van der Waals surface area contributed by atoms with Crippen LogP contribution in [0, 0.1) is 5.92 Å². The Bertz CT molecular complexity index is 560. The minimum atomic E-state index is -0.169. The minimum absolute atomic E-state index is 0.167. The molecule has 0 spiro atoms. The van der Waals surface area contributed by atoms with Gasteiger partial charge in [-0.05, 0) is 55.0 Å². The monoisotopic (exact) mass is 345 g/mol. The number of urea groups is 1. The lowest BCUT2D eigenvalue weighted by Gasteiger charge is -2.45. The molecule has 2 unspecified atom stereocenters. The van der Waals surface area contributed by atoms with Gasteiger partial charge in [0.15, 0.2) is 0 Å². The molecule has 0 radical (unpaired) electrons. The van der Waals surface area contributed by atoms with Gasteiger partial charge in [-0.15, -0.1) is 0 Å². The van der Waals surface area contributed by atoms with Gasteiger partial charge >= 0.3 is 6.03 Å². The van der Waals surface area contributed by atoms with E-state index in [1.165, 1.54) is 50.8 Å². The number of unbranched alkanes of at least 4 members (excludes halogenated alkanes) is 3. The number of amides is 2. The van der Waals surface area contributed by atoms with Gasteiger partial charge in [-0.25, -0.2) is 4.79 Å². The lowest BCUT2D eigenvalue weighted by Crippen LogP contribution is -2.47. The van der Waals surface area contributed by atoms with E-state index in [4.69, 9.17) is 0 Å². The summed E-state index contributed by atoms with van der Waals surface area (Å²) in [5.74, 6) is 0.600. The van der Waals surface area contributed by atoms with E-state index in [1.54, 1.807) is 7.05 Å². The van der Waals surface area contributed by atoms with E-state index in [0.29, 0.717) is 5.92 Å². The van der Waals surface area contributed by atoms with Crippen LogP contribution in [0.5, 0.6) is 0 Å². The van der Waals surface area contributed by atoms with Crippen molar-refractivity contribution in [2.24, 2.45) is 5.92 Å². The Morgan fingerprint density at radius 3 is 2.80 bits per heavy atom. The lowest BCUT2D eigenvalue weighted by atomic mass is 9.68. The van der Waals surface area contributed by atoms with Crippen molar-refractivity contribution in [2.75, 3.05) is 32.0 Å². The molecule has 1 aliphatic rings. The molecule has 2 atom stereocenters. The average molecular weight is 346 g/mol. The Balaban J connectivity index is 1.99. The van der Waals surface area contributed by atoms with Crippen LogP contribution in [0.25, 0.3) is 0 Å². The van der Waals surface area contributed by atoms with Crippen LogP contribution in [0.4, 0.5) is 10.5 Å².